The first-order valence-electron chi connectivity index (χ1n) is 10.5. The van der Waals surface area contributed by atoms with Crippen LogP contribution in [0, 0.1) is 11.6 Å². The van der Waals surface area contributed by atoms with E-state index < -0.39 is 34.6 Å². The third kappa shape index (κ3) is 5.04. The smallest absolute Gasteiger partial charge is 0.410 e. The molecule has 180 valence electrons. The molecule has 1 aliphatic rings. The van der Waals surface area contributed by atoms with Crippen LogP contribution in [0.5, 0.6) is 0 Å². The number of hydrogen-bond acceptors (Lipinski definition) is 7. The Bertz CT molecular complexity index is 1280. The maximum absolute atomic E-state index is 15.0. The highest BCUT2D eigenvalue weighted by atomic mass is 35.5. The highest BCUT2D eigenvalue weighted by molar-refractivity contribution is 6.30. The van der Waals surface area contributed by atoms with Gasteiger partial charge in [0.25, 0.3) is 5.56 Å². The van der Waals surface area contributed by atoms with Crippen LogP contribution in [0.15, 0.2) is 29.2 Å². The summed E-state index contributed by atoms with van der Waals surface area (Å²) in [5.74, 6) is -1.84. The number of nitrogens with one attached hydrogen (secondary N) is 2. The second-order valence-electron chi connectivity index (χ2n) is 8.82. The van der Waals surface area contributed by atoms with Crippen LogP contribution >= 0.6 is 11.6 Å². The number of carbonyl (C=O) groups excluding carboxylic acids is 1. The lowest BCUT2D eigenvalue weighted by Crippen LogP contribution is -2.50. The topological polar surface area (TPSA) is 103 Å². The number of aromatic amines is 1. The van der Waals surface area contributed by atoms with E-state index in [1.165, 1.54) is 24.4 Å². The van der Waals surface area contributed by atoms with E-state index in [1.807, 2.05) is 0 Å². The highest BCUT2D eigenvalue weighted by Crippen LogP contribution is 2.31. The summed E-state index contributed by atoms with van der Waals surface area (Å²) in [6.07, 6.45) is 0.942. The zero-order chi connectivity index (χ0) is 24.6. The van der Waals surface area contributed by atoms with Crippen LogP contribution in [-0.2, 0) is 4.74 Å². The molecule has 2 aromatic heterocycles. The normalized spacial score (nSPS) is 14.4. The number of fused-ring (bicyclic) bond motifs is 1. The van der Waals surface area contributed by atoms with Crippen molar-refractivity contribution in [1.29, 1.82) is 0 Å². The Morgan fingerprint density at radius 2 is 1.79 bits per heavy atom. The number of H-pyrrole nitrogens is 1. The molecule has 0 atom stereocenters. The molecule has 2 N–H and O–H groups in total. The molecule has 1 fully saturated rings. The minimum absolute atomic E-state index is 0.0303. The number of halogens is 3. The van der Waals surface area contributed by atoms with Crippen molar-refractivity contribution < 1.29 is 18.3 Å². The molecule has 34 heavy (non-hydrogen) atoms. The minimum atomic E-state index is -0.870. The molecule has 4 rings (SSSR count). The summed E-state index contributed by atoms with van der Waals surface area (Å²) in [6, 6.07) is 3.80. The molecule has 0 unspecified atom stereocenters. The fraction of sp³-hybridized carbons (Fsp3) is 0.364. The molecule has 1 aliphatic heterocycles. The number of anilines is 3. The summed E-state index contributed by atoms with van der Waals surface area (Å²) in [5, 5.41) is 8.99. The predicted molar refractivity (Wildman–Crippen MR) is 125 cm³/mol. The first-order valence-corrected chi connectivity index (χ1v) is 10.9. The number of hydrogen-bond donors (Lipinski definition) is 2. The van der Waals surface area contributed by atoms with Crippen LogP contribution < -0.4 is 15.8 Å². The summed E-state index contributed by atoms with van der Waals surface area (Å²) in [5.41, 5.74) is -1.32. The fourth-order valence-electron chi connectivity index (χ4n) is 3.63. The van der Waals surface area contributed by atoms with E-state index >= 15 is 0 Å². The monoisotopic (exact) mass is 492 g/mol. The first-order chi connectivity index (χ1) is 16.0. The van der Waals surface area contributed by atoms with Gasteiger partial charge in [0, 0.05) is 37.3 Å². The summed E-state index contributed by atoms with van der Waals surface area (Å²) >= 11 is 6.00. The Kier molecular flexibility index (Phi) is 6.30. The number of pyridine rings is 1. The molecule has 1 saturated heterocycles. The zero-order valence-corrected chi connectivity index (χ0v) is 19.5. The molecule has 1 amide bonds. The molecule has 0 radical (unpaired) electrons. The van der Waals surface area contributed by atoms with Gasteiger partial charge in [0.05, 0.1) is 11.6 Å². The van der Waals surface area contributed by atoms with E-state index in [0.29, 0.717) is 37.3 Å². The van der Waals surface area contributed by atoms with Crippen molar-refractivity contribution in [3.8, 4) is 0 Å². The largest absolute Gasteiger partial charge is 0.444 e. The Labute approximate surface area is 198 Å². The third-order valence-corrected chi connectivity index (χ3v) is 5.38. The number of benzene rings is 1. The molecule has 3 heterocycles. The van der Waals surface area contributed by atoms with Crippen LogP contribution in [0.1, 0.15) is 20.8 Å². The molecular weight excluding hydrogens is 470 g/mol. The van der Waals surface area contributed by atoms with Crippen molar-refractivity contribution in [1.82, 2.24) is 20.1 Å². The van der Waals surface area contributed by atoms with Crippen molar-refractivity contribution in [3.63, 3.8) is 0 Å². The third-order valence-electron chi connectivity index (χ3n) is 5.18. The van der Waals surface area contributed by atoms with Gasteiger partial charge in [-0.15, -0.1) is 0 Å². The van der Waals surface area contributed by atoms with Gasteiger partial charge in [-0.2, -0.15) is 5.10 Å². The van der Waals surface area contributed by atoms with Crippen molar-refractivity contribution in [2.24, 2.45) is 0 Å². The van der Waals surface area contributed by atoms with Gasteiger partial charge < -0.3 is 19.9 Å². The summed E-state index contributed by atoms with van der Waals surface area (Å²) in [6.45, 7) is 6.84. The number of piperazine rings is 1. The second kappa shape index (κ2) is 9.05. The Morgan fingerprint density at radius 3 is 2.41 bits per heavy atom. The van der Waals surface area contributed by atoms with E-state index in [2.05, 4.69) is 20.5 Å². The summed E-state index contributed by atoms with van der Waals surface area (Å²) in [7, 11) is 0. The molecule has 3 aromatic rings. The Balaban J connectivity index is 1.54. The van der Waals surface area contributed by atoms with Crippen molar-refractivity contribution in [2.45, 2.75) is 26.4 Å². The average Bonchev–Trinajstić information content (AvgIpc) is 2.74. The number of amides is 1. The van der Waals surface area contributed by atoms with Gasteiger partial charge in [-0.25, -0.2) is 23.7 Å². The molecular formula is C22H23ClF2N6O3. The molecule has 0 saturated carbocycles. The number of nitrogens with zero attached hydrogens (tertiary/aromatic N) is 4. The number of aromatic nitrogens is 3. The van der Waals surface area contributed by atoms with Crippen LogP contribution in [0.4, 0.5) is 30.8 Å². The second-order valence-corrected chi connectivity index (χ2v) is 9.21. The highest BCUT2D eigenvalue weighted by Gasteiger charge is 2.27. The van der Waals surface area contributed by atoms with Crippen LogP contribution in [0.3, 0.4) is 0 Å². The van der Waals surface area contributed by atoms with Gasteiger partial charge in [0.2, 0.25) is 0 Å². The number of rotatable bonds is 3. The van der Waals surface area contributed by atoms with Crippen LogP contribution in [0.2, 0.25) is 5.15 Å². The summed E-state index contributed by atoms with van der Waals surface area (Å²) < 4.78 is 35.3. The Morgan fingerprint density at radius 1 is 1.15 bits per heavy atom. The zero-order valence-electron chi connectivity index (χ0n) is 18.8. The van der Waals surface area contributed by atoms with Crippen LogP contribution in [0.25, 0.3) is 10.8 Å². The standard InChI is InChI=1S/C22H23ClF2N6O3/c1-22(2,3)34-21(33)31-6-4-30(5-7-31)13-9-14(24)18(15(25)10-13)28-19-17-12(8-16(23)27-19)11-26-29-20(17)32/h8-11H,4-7H2,1-3H3,(H,27,28)(H,29,32). The molecule has 1 aromatic carbocycles. The van der Waals surface area contributed by atoms with Crippen LogP contribution in [-0.4, -0.2) is 58.0 Å². The molecule has 0 spiro atoms. The van der Waals surface area contributed by atoms with E-state index in [0.717, 1.165) is 0 Å². The lowest BCUT2D eigenvalue weighted by molar-refractivity contribution is 0.0240. The average molecular weight is 493 g/mol. The van der Waals surface area contributed by atoms with Crippen molar-refractivity contribution in [2.75, 3.05) is 36.4 Å². The SMILES string of the molecule is CC(C)(C)OC(=O)N1CCN(c2cc(F)c(Nc3nc(Cl)cc4cn[nH]c(=O)c34)c(F)c2)CC1. The van der Waals surface area contributed by atoms with Gasteiger partial charge in [-0.3, -0.25) is 4.79 Å². The lowest BCUT2D eigenvalue weighted by Gasteiger charge is -2.36. The molecule has 12 heteroatoms. The minimum Gasteiger partial charge on any atom is -0.444 e. The predicted octanol–water partition coefficient (Wildman–Crippen LogP) is 4.05. The van der Waals surface area contributed by atoms with Gasteiger partial charge in [0.15, 0.2) is 11.6 Å². The lowest BCUT2D eigenvalue weighted by atomic mass is 10.2. The van der Waals surface area contributed by atoms with Gasteiger partial charge in [-0.05, 0) is 39.0 Å². The van der Waals surface area contributed by atoms with Gasteiger partial charge in [0.1, 0.15) is 22.3 Å². The number of ether oxygens (including phenoxy) is 1. The van der Waals surface area contributed by atoms with E-state index in [9.17, 15) is 18.4 Å². The van der Waals surface area contributed by atoms with Crippen molar-refractivity contribution >= 4 is 45.7 Å². The van der Waals surface area contributed by atoms with Gasteiger partial charge >= 0.3 is 6.09 Å². The summed E-state index contributed by atoms with van der Waals surface area (Å²) in [4.78, 5) is 31.8. The fourth-order valence-corrected chi connectivity index (χ4v) is 3.84. The van der Waals surface area contributed by atoms with Crippen molar-refractivity contribution in [3.05, 3.63) is 51.5 Å². The molecule has 0 bridgehead atoms. The van der Waals surface area contributed by atoms with E-state index in [1.54, 1.807) is 30.6 Å². The van der Waals surface area contributed by atoms with Gasteiger partial charge in [-0.1, -0.05) is 11.6 Å². The van der Waals surface area contributed by atoms with E-state index in [-0.39, 0.29) is 16.4 Å². The number of carbonyl (C=O) groups is 1. The maximum atomic E-state index is 15.0. The quantitative estimate of drug-likeness (QED) is 0.531. The maximum Gasteiger partial charge on any atom is 0.410 e. The Hall–Kier alpha value is -3.47. The first kappa shape index (κ1) is 23.7. The molecule has 9 nitrogen and oxygen atoms in total. The molecule has 0 aliphatic carbocycles. The van der Waals surface area contributed by atoms with E-state index in [4.69, 9.17) is 16.3 Å².